The van der Waals surface area contributed by atoms with Gasteiger partial charge in [-0.15, -0.1) is 0 Å². The van der Waals surface area contributed by atoms with Crippen molar-refractivity contribution in [2.45, 2.75) is 0 Å². The molecule has 0 heterocycles. The summed E-state index contributed by atoms with van der Waals surface area (Å²) in [4.78, 5) is 8.25. The zero-order valence-electron chi connectivity index (χ0n) is 4.45. The van der Waals surface area contributed by atoms with Crippen molar-refractivity contribution >= 4 is 0 Å². The van der Waals surface area contributed by atoms with Crippen LogP contribution < -0.4 is 0 Å². The average Bonchev–Trinajstić information content (AvgIpc) is 0.811. The van der Waals surface area contributed by atoms with Gasteiger partial charge < -0.3 is 42.7 Å². The molecular weight excluding hydrogens is 311 g/mol. The van der Waals surface area contributed by atoms with E-state index in [4.69, 9.17) is 15.3 Å². The van der Waals surface area contributed by atoms with Gasteiger partial charge in [0.25, 0.3) is 0 Å². The molecule has 0 unspecified atom stereocenters. The molecule has 0 amide bonds. The predicted molar refractivity (Wildman–Crippen MR) is 28.4 cm³/mol. The number of hydrogen-bond acceptors (Lipinski definition) is 3. The van der Waals surface area contributed by atoms with Crippen LogP contribution in [0.3, 0.4) is 0 Å². The van der Waals surface area contributed by atoms with E-state index in [1.165, 1.54) is 0 Å². The van der Waals surface area contributed by atoms with E-state index in [2.05, 4.69) is 0 Å². The van der Waals surface area contributed by atoms with Gasteiger partial charge in [0, 0.05) is 0 Å². The minimum absolute atomic E-state index is 0. The Bertz CT molecular complexity index is 32.2. The van der Waals surface area contributed by atoms with Gasteiger partial charge in [0.05, 0.1) is 5.09 Å². The first-order chi connectivity index (χ1) is 1.73. The summed E-state index contributed by atoms with van der Waals surface area (Å²) in [5.74, 6) is 0. The van der Waals surface area contributed by atoms with Crippen LogP contribution >= 0.6 is 0 Å². The van der Waals surface area contributed by atoms with Gasteiger partial charge in [-0.2, -0.15) is 0 Å². The van der Waals surface area contributed by atoms with Crippen LogP contribution in [0.2, 0.25) is 0 Å². The quantitative estimate of drug-likeness (QED) is 0.318. The maximum Gasteiger partial charge on any atom is 3.00 e. The van der Waals surface area contributed by atoms with Crippen molar-refractivity contribution in [1.29, 1.82) is 0 Å². The topological polar surface area (TPSA) is 224 Å². The molecule has 0 saturated heterocycles. The third-order valence-electron chi connectivity index (χ3n) is 0. The average molecular weight is 321 g/mol. The first-order valence-electron chi connectivity index (χ1n) is 0.548. The molecule has 10 N–H and O–H groups in total. The van der Waals surface area contributed by atoms with Gasteiger partial charge in [0.15, 0.2) is 0 Å². The molecule has 9 nitrogen and oxygen atoms in total. The zero-order chi connectivity index (χ0) is 3.58. The van der Waals surface area contributed by atoms with E-state index >= 15 is 0 Å². The van der Waals surface area contributed by atoms with Crippen molar-refractivity contribution in [1.82, 2.24) is 0 Å². The molecule has 0 aliphatic carbocycles. The Kier molecular flexibility index (Phi) is 499. The van der Waals surface area contributed by atoms with Crippen LogP contribution in [0, 0.1) is 52.2 Å². The summed E-state index contributed by atoms with van der Waals surface area (Å²) < 4.78 is 0. The van der Waals surface area contributed by atoms with Gasteiger partial charge >= 0.3 is 36.9 Å². The molecule has 0 spiro atoms. The number of rotatable bonds is 0. The van der Waals surface area contributed by atoms with Crippen molar-refractivity contribution in [2.24, 2.45) is 0 Å². The SMILES string of the molecule is O.O.O.O.O.O=[N+]([O-])[O-].[Tm+3]. The van der Waals surface area contributed by atoms with Gasteiger partial charge in [0.1, 0.15) is 0 Å². The minimum Gasteiger partial charge on any atom is -0.412 e. The molecule has 0 saturated carbocycles. The summed E-state index contributed by atoms with van der Waals surface area (Å²) in [5.41, 5.74) is 0. The van der Waals surface area contributed by atoms with Gasteiger partial charge in [-0.25, -0.2) is 0 Å². The van der Waals surface area contributed by atoms with E-state index in [9.17, 15) is 0 Å². The molecule has 0 aromatic rings. The second kappa shape index (κ2) is 59.9. The summed E-state index contributed by atoms with van der Waals surface area (Å²) in [6.07, 6.45) is 0. The van der Waals surface area contributed by atoms with Gasteiger partial charge in [-0.3, -0.25) is 0 Å². The Morgan fingerprint density at radius 3 is 0.800 bits per heavy atom. The molecule has 0 bridgehead atoms. The fraction of sp³-hybridized carbons (Fsp3) is 0. The molecule has 74 valence electrons. The Hall–Kier alpha value is 0.234. The van der Waals surface area contributed by atoms with Crippen molar-refractivity contribution in [3.8, 4) is 0 Å². The third kappa shape index (κ3) is 7880. The molecule has 0 fully saturated rings. The first-order valence-corrected chi connectivity index (χ1v) is 0.548. The fourth-order valence-electron chi connectivity index (χ4n) is 0. The fourth-order valence-corrected chi connectivity index (χ4v) is 0. The van der Waals surface area contributed by atoms with Crippen LogP contribution in [-0.4, -0.2) is 32.5 Å². The van der Waals surface area contributed by atoms with E-state index in [1.807, 2.05) is 0 Å². The molecular formula is H10NO8Tm+2. The Balaban J connectivity index is -0.00000000300. The van der Waals surface area contributed by atoms with E-state index in [-0.39, 0.29) is 64.3 Å². The van der Waals surface area contributed by atoms with Crippen molar-refractivity contribution < 1.29 is 69.3 Å². The largest absolute Gasteiger partial charge is 3.00 e. The molecule has 0 aromatic carbocycles. The molecule has 0 rings (SSSR count). The third-order valence-corrected chi connectivity index (χ3v) is 0. The Labute approximate surface area is 84.5 Å². The Morgan fingerprint density at radius 1 is 0.800 bits per heavy atom. The summed E-state index contributed by atoms with van der Waals surface area (Å²) in [6.45, 7) is 0. The van der Waals surface area contributed by atoms with Gasteiger partial charge in [-0.1, -0.05) is 0 Å². The summed E-state index contributed by atoms with van der Waals surface area (Å²) in [6, 6.07) is 0. The van der Waals surface area contributed by atoms with Crippen LogP contribution in [0.5, 0.6) is 0 Å². The second-order valence-electron chi connectivity index (χ2n) is 0.224. The van der Waals surface area contributed by atoms with Crippen LogP contribution in [0.4, 0.5) is 0 Å². The Morgan fingerprint density at radius 2 is 0.800 bits per heavy atom. The minimum atomic E-state index is -1.75. The summed E-state index contributed by atoms with van der Waals surface area (Å²) in [7, 11) is 0. The molecule has 0 aliphatic heterocycles. The molecule has 0 radical (unpaired) electrons. The molecule has 10 heavy (non-hydrogen) atoms. The van der Waals surface area contributed by atoms with Gasteiger partial charge in [0.2, 0.25) is 0 Å². The number of hydrogen-bond donors (Lipinski definition) is 0. The van der Waals surface area contributed by atoms with Crippen molar-refractivity contribution in [3.63, 3.8) is 0 Å². The molecule has 0 atom stereocenters. The van der Waals surface area contributed by atoms with Crippen LogP contribution in [0.1, 0.15) is 0 Å². The van der Waals surface area contributed by atoms with Gasteiger partial charge in [-0.05, 0) is 0 Å². The summed E-state index contributed by atoms with van der Waals surface area (Å²) >= 11 is 0. The van der Waals surface area contributed by atoms with E-state index < -0.39 is 5.09 Å². The smallest absolute Gasteiger partial charge is 0.412 e. The normalized spacial score (nSPS) is 2.40. The number of nitrogens with zero attached hydrogens (tertiary/aromatic N) is 1. The van der Waals surface area contributed by atoms with E-state index in [1.54, 1.807) is 0 Å². The predicted octanol–water partition coefficient (Wildman–Crippen LogP) is -4.36. The van der Waals surface area contributed by atoms with E-state index in [0.717, 1.165) is 0 Å². The van der Waals surface area contributed by atoms with E-state index in [0.29, 0.717) is 0 Å². The first kappa shape index (κ1) is 83.4. The second-order valence-corrected chi connectivity index (χ2v) is 0.224. The molecule has 0 aromatic heterocycles. The monoisotopic (exact) mass is 321 g/mol. The standard InChI is InChI=1S/NO3.5H2O.Tm/c2-1(3)4;;;;;;/h;5*1H2;/q-1;;;;;;+3. The molecule has 10 heteroatoms. The zero-order valence-corrected chi connectivity index (χ0v) is 6.23. The maximum atomic E-state index is 8.25. The van der Waals surface area contributed by atoms with Crippen LogP contribution in [-0.2, 0) is 0 Å². The maximum absolute atomic E-state index is 8.25. The summed E-state index contributed by atoms with van der Waals surface area (Å²) in [5, 5.41) is 14.8. The molecule has 0 aliphatic rings. The van der Waals surface area contributed by atoms with Crippen LogP contribution in [0.25, 0.3) is 0 Å². The van der Waals surface area contributed by atoms with Crippen LogP contribution in [0.15, 0.2) is 0 Å². The van der Waals surface area contributed by atoms with Crippen molar-refractivity contribution in [2.75, 3.05) is 0 Å². The van der Waals surface area contributed by atoms with Crippen molar-refractivity contribution in [3.05, 3.63) is 15.3 Å².